The number of benzene rings is 2. The summed E-state index contributed by atoms with van der Waals surface area (Å²) in [6, 6.07) is 12.6. The first-order valence-electron chi connectivity index (χ1n) is 9.94. The zero-order valence-electron chi connectivity index (χ0n) is 18.5. The molecule has 1 nitrogen and oxygen atoms in total. The van der Waals surface area contributed by atoms with Crippen molar-refractivity contribution in [1.82, 2.24) is 0 Å². The molecule has 0 amide bonds. The summed E-state index contributed by atoms with van der Waals surface area (Å²) in [7, 11) is 2.02. The molecular formula is C23H28N+. The van der Waals surface area contributed by atoms with Crippen LogP contribution in [-0.4, -0.2) is 0 Å². The van der Waals surface area contributed by atoms with Crippen molar-refractivity contribution in [1.29, 1.82) is 0 Å². The molecule has 24 heavy (non-hydrogen) atoms. The number of fused-ring (bicyclic) bond motifs is 1. The van der Waals surface area contributed by atoms with Crippen LogP contribution in [0.1, 0.15) is 47.1 Å². The van der Waals surface area contributed by atoms with Gasteiger partial charge in [-0.3, -0.25) is 0 Å². The van der Waals surface area contributed by atoms with E-state index in [-0.39, 0.29) is 5.41 Å². The quantitative estimate of drug-likeness (QED) is 0.517. The fourth-order valence-corrected chi connectivity index (χ4v) is 3.28. The van der Waals surface area contributed by atoms with Gasteiger partial charge in [0.05, 0.1) is 10.9 Å². The zero-order chi connectivity index (χ0) is 20.1. The van der Waals surface area contributed by atoms with E-state index >= 15 is 0 Å². The summed E-state index contributed by atoms with van der Waals surface area (Å²) in [6.07, 6.45) is 2.06. The van der Waals surface area contributed by atoms with Crippen molar-refractivity contribution in [3.8, 4) is 11.3 Å². The summed E-state index contributed by atoms with van der Waals surface area (Å²) in [5.74, 6) is 0. The maximum atomic E-state index is 7.91. The molecule has 0 aliphatic carbocycles. The first-order chi connectivity index (χ1) is 12.4. The summed E-state index contributed by atoms with van der Waals surface area (Å²) >= 11 is 0. The van der Waals surface area contributed by atoms with Gasteiger partial charge in [-0.1, -0.05) is 44.5 Å². The van der Waals surface area contributed by atoms with Gasteiger partial charge in [-0.05, 0) is 60.3 Å². The number of aromatic nitrogens is 1. The minimum atomic E-state index is -2.12. The van der Waals surface area contributed by atoms with Crippen molar-refractivity contribution in [3.05, 3.63) is 64.8 Å². The molecule has 0 atom stereocenters. The van der Waals surface area contributed by atoms with Crippen LogP contribution in [0.2, 0.25) is 0 Å². The number of nitrogens with zero attached hydrogens (tertiary/aromatic N) is 1. The Hall–Kier alpha value is -2.15. The summed E-state index contributed by atoms with van der Waals surface area (Å²) in [6.45, 7) is 8.40. The highest BCUT2D eigenvalue weighted by atomic mass is 14.9. The van der Waals surface area contributed by atoms with Gasteiger partial charge in [0.1, 0.15) is 7.05 Å². The Morgan fingerprint density at radius 2 is 1.75 bits per heavy atom. The molecule has 3 aromatic rings. The van der Waals surface area contributed by atoms with Crippen molar-refractivity contribution >= 4 is 10.8 Å². The van der Waals surface area contributed by atoms with Crippen LogP contribution in [0, 0.1) is 20.7 Å². The summed E-state index contributed by atoms with van der Waals surface area (Å²) in [5, 5.41) is 2.31. The first kappa shape index (κ1) is 13.2. The normalized spacial score (nSPS) is 14.3. The van der Waals surface area contributed by atoms with E-state index in [1.807, 2.05) is 20.9 Å². The average molecular weight is 322 g/mol. The lowest BCUT2D eigenvalue weighted by Crippen LogP contribution is -2.31. The molecule has 0 aliphatic heterocycles. The van der Waals surface area contributed by atoms with E-state index in [1.54, 1.807) is 6.07 Å². The fraction of sp³-hybridized carbons (Fsp3) is 0.348. The molecule has 0 fully saturated rings. The van der Waals surface area contributed by atoms with Crippen LogP contribution in [0.4, 0.5) is 0 Å². The Balaban J connectivity index is 2.35. The van der Waals surface area contributed by atoms with Crippen molar-refractivity contribution in [3.63, 3.8) is 0 Å². The smallest absolute Gasteiger partial charge is 0.200 e. The van der Waals surface area contributed by atoms with Crippen LogP contribution in [-0.2, 0) is 12.5 Å². The van der Waals surface area contributed by atoms with E-state index in [2.05, 4.69) is 61.9 Å². The molecule has 1 aromatic heterocycles. The van der Waals surface area contributed by atoms with E-state index < -0.39 is 6.85 Å². The molecule has 0 saturated carbocycles. The Morgan fingerprint density at radius 3 is 2.42 bits per heavy atom. The van der Waals surface area contributed by atoms with Gasteiger partial charge in [-0.25, -0.2) is 4.57 Å². The lowest BCUT2D eigenvalue weighted by molar-refractivity contribution is -0.659. The second-order valence-corrected chi connectivity index (χ2v) is 7.81. The lowest BCUT2D eigenvalue weighted by atomic mass is 9.85. The van der Waals surface area contributed by atoms with Crippen LogP contribution in [0.5, 0.6) is 0 Å². The molecule has 0 saturated heterocycles. The highest BCUT2D eigenvalue weighted by Crippen LogP contribution is 2.32. The summed E-state index contributed by atoms with van der Waals surface area (Å²) < 4.78 is 25.8. The molecule has 0 spiro atoms. The van der Waals surface area contributed by atoms with Gasteiger partial charge in [0.25, 0.3) is 0 Å². The molecule has 1 heterocycles. The standard InChI is InChI=1S/C23H28N/c1-15-12-16(2)17(3)21(13-15)22-20-9-8-19(23(4,5)6)14-18(20)10-11-24(22)7/h8-14H,1-7H3/q+1/i2D3. The fourth-order valence-electron chi connectivity index (χ4n) is 3.28. The summed E-state index contributed by atoms with van der Waals surface area (Å²) in [4.78, 5) is 0. The van der Waals surface area contributed by atoms with E-state index in [0.717, 1.165) is 27.8 Å². The predicted molar refractivity (Wildman–Crippen MR) is 103 cm³/mol. The molecule has 0 unspecified atom stereocenters. The highest BCUT2D eigenvalue weighted by molar-refractivity contribution is 5.94. The monoisotopic (exact) mass is 321 g/mol. The van der Waals surface area contributed by atoms with Crippen LogP contribution < -0.4 is 4.57 Å². The molecule has 2 aromatic carbocycles. The van der Waals surface area contributed by atoms with Gasteiger partial charge >= 0.3 is 0 Å². The van der Waals surface area contributed by atoms with Gasteiger partial charge < -0.3 is 0 Å². The van der Waals surface area contributed by atoms with E-state index in [1.165, 1.54) is 10.9 Å². The Morgan fingerprint density at radius 1 is 1.00 bits per heavy atom. The molecule has 0 bridgehead atoms. The molecule has 0 radical (unpaired) electrons. The van der Waals surface area contributed by atoms with E-state index in [4.69, 9.17) is 4.11 Å². The molecule has 0 N–H and O–H groups in total. The molecule has 0 aliphatic rings. The molecule has 124 valence electrons. The van der Waals surface area contributed by atoms with Crippen LogP contribution in [0.15, 0.2) is 42.6 Å². The zero-order valence-corrected chi connectivity index (χ0v) is 15.5. The largest absolute Gasteiger partial charge is 0.220 e. The average Bonchev–Trinajstić information content (AvgIpc) is 2.54. The van der Waals surface area contributed by atoms with Crippen molar-refractivity contribution in [2.75, 3.05) is 0 Å². The number of pyridine rings is 1. The third-order valence-corrected chi connectivity index (χ3v) is 4.81. The Kier molecular flexibility index (Phi) is 3.15. The maximum absolute atomic E-state index is 7.91. The predicted octanol–water partition coefficient (Wildman–Crippen LogP) is 5.55. The molecule has 3 rings (SSSR count). The van der Waals surface area contributed by atoms with Gasteiger partial charge in [0.15, 0.2) is 6.20 Å². The Labute approximate surface area is 150 Å². The van der Waals surface area contributed by atoms with Crippen molar-refractivity contribution in [2.24, 2.45) is 7.05 Å². The third kappa shape index (κ3) is 2.84. The number of hydrogen-bond donors (Lipinski definition) is 0. The molecular weight excluding hydrogens is 290 g/mol. The van der Waals surface area contributed by atoms with Gasteiger partial charge in [0, 0.05) is 10.2 Å². The van der Waals surface area contributed by atoms with Gasteiger partial charge in [0.2, 0.25) is 5.69 Å². The van der Waals surface area contributed by atoms with E-state index in [9.17, 15) is 0 Å². The van der Waals surface area contributed by atoms with Crippen molar-refractivity contribution < 1.29 is 8.68 Å². The van der Waals surface area contributed by atoms with Gasteiger partial charge in [-0.2, -0.15) is 0 Å². The highest BCUT2D eigenvalue weighted by Gasteiger charge is 2.20. The minimum Gasteiger partial charge on any atom is -0.200 e. The van der Waals surface area contributed by atoms with Crippen LogP contribution in [0.3, 0.4) is 0 Å². The number of hydrogen-bond acceptors (Lipinski definition) is 0. The van der Waals surface area contributed by atoms with Crippen LogP contribution >= 0.6 is 0 Å². The maximum Gasteiger partial charge on any atom is 0.220 e. The van der Waals surface area contributed by atoms with Crippen molar-refractivity contribution in [2.45, 2.75) is 46.9 Å². The second-order valence-electron chi connectivity index (χ2n) is 7.81. The number of aryl methyl sites for hydroxylation is 3. The van der Waals surface area contributed by atoms with E-state index in [0.29, 0.717) is 5.56 Å². The lowest BCUT2D eigenvalue weighted by Gasteiger charge is -2.20. The first-order valence-corrected chi connectivity index (χ1v) is 8.44. The van der Waals surface area contributed by atoms with Crippen LogP contribution in [0.25, 0.3) is 22.0 Å². The SMILES string of the molecule is [2H]C([2H])([2H])c1cc(C)cc(-c2c3ccc(C(C)(C)C)cc3cc[n+]2C)c1C. The number of rotatable bonds is 1. The second kappa shape index (κ2) is 5.73. The Bertz CT molecular complexity index is 1020. The topological polar surface area (TPSA) is 3.88 Å². The minimum absolute atomic E-state index is 0.0834. The summed E-state index contributed by atoms with van der Waals surface area (Å²) in [5.41, 5.74) is 5.63. The molecule has 1 heteroatoms. The third-order valence-electron chi connectivity index (χ3n) is 4.81. The van der Waals surface area contributed by atoms with Gasteiger partial charge in [-0.15, -0.1) is 0 Å².